The van der Waals surface area contributed by atoms with Gasteiger partial charge in [-0.3, -0.25) is 4.79 Å². The lowest BCUT2D eigenvalue weighted by Crippen LogP contribution is -2.47. The third kappa shape index (κ3) is 5.67. The van der Waals surface area contributed by atoms with Gasteiger partial charge in [0.25, 0.3) is 5.91 Å². The number of hydrogen-bond donors (Lipinski definition) is 1. The number of ether oxygens (including phenoxy) is 2. The maximum Gasteiger partial charge on any atom is 0.262 e. The first-order valence-electron chi connectivity index (χ1n) is 9.13. The summed E-state index contributed by atoms with van der Waals surface area (Å²) >= 11 is 11.5. The second-order valence-electron chi connectivity index (χ2n) is 6.84. The van der Waals surface area contributed by atoms with Crippen molar-refractivity contribution >= 4 is 40.4 Å². The molecule has 1 aliphatic rings. The predicted octanol–water partition coefficient (Wildman–Crippen LogP) is 4.14. The van der Waals surface area contributed by atoms with Gasteiger partial charge >= 0.3 is 0 Å². The Morgan fingerprint density at radius 1 is 1.14 bits per heavy atom. The molecule has 0 spiro atoms. The summed E-state index contributed by atoms with van der Waals surface area (Å²) in [5.41, 5.74) is 1.63. The van der Waals surface area contributed by atoms with Crippen molar-refractivity contribution in [2.24, 2.45) is 0 Å². The minimum Gasteiger partial charge on any atom is -0.484 e. The van der Waals surface area contributed by atoms with Crippen LogP contribution in [0.4, 0.5) is 5.69 Å². The van der Waals surface area contributed by atoms with Gasteiger partial charge in [0.05, 0.1) is 12.2 Å². The van der Waals surface area contributed by atoms with E-state index in [1.54, 1.807) is 24.3 Å². The fourth-order valence-corrected chi connectivity index (χ4v) is 3.51. The molecule has 0 aliphatic carbocycles. The van der Waals surface area contributed by atoms with Crippen molar-refractivity contribution in [2.45, 2.75) is 26.1 Å². The maximum absolute atomic E-state index is 12.0. The summed E-state index contributed by atoms with van der Waals surface area (Å²) in [7, 11) is 0. The van der Waals surface area contributed by atoms with E-state index in [4.69, 9.17) is 33.3 Å². The lowest BCUT2D eigenvalue weighted by Gasteiger charge is -2.37. The molecule has 0 aromatic heterocycles. The van der Waals surface area contributed by atoms with E-state index in [1.807, 2.05) is 24.3 Å². The van der Waals surface area contributed by atoms with Gasteiger partial charge in [-0.05, 0) is 62.4 Å². The molecule has 0 unspecified atom stereocenters. The minimum atomic E-state index is -0.238. The Balaban J connectivity index is 1.52. The number of morpholine rings is 1. The average Bonchev–Trinajstić information content (AvgIpc) is 2.67. The highest BCUT2D eigenvalue weighted by molar-refractivity contribution is 7.80. The number of amides is 1. The van der Waals surface area contributed by atoms with Crippen molar-refractivity contribution in [2.75, 3.05) is 25.0 Å². The van der Waals surface area contributed by atoms with Crippen LogP contribution in [-0.2, 0) is 9.53 Å². The molecular weight excluding hydrogens is 396 g/mol. The fraction of sp³-hybridized carbons (Fsp3) is 0.333. The highest BCUT2D eigenvalue weighted by Crippen LogP contribution is 2.18. The van der Waals surface area contributed by atoms with Crippen LogP contribution in [0.5, 0.6) is 5.75 Å². The Bertz CT molecular complexity index is 817. The number of hydrogen-bond acceptors (Lipinski definition) is 4. The van der Waals surface area contributed by atoms with Crippen LogP contribution < -0.4 is 10.1 Å². The Hall–Kier alpha value is -2.15. The summed E-state index contributed by atoms with van der Waals surface area (Å²) in [5, 5.41) is 3.38. The summed E-state index contributed by atoms with van der Waals surface area (Å²) in [6.07, 6.45) is 0.312. The van der Waals surface area contributed by atoms with Crippen molar-refractivity contribution in [1.29, 1.82) is 0 Å². The number of nitrogens with one attached hydrogen (secondary N) is 1. The molecule has 5 nitrogen and oxygen atoms in total. The second kappa shape index (κ2) is 9.37. The lowest BCUT2D eigenvalue weighted by atomic mass is 10.1. The molecule has 148 valence electrons. The first kappa shape index (κ1) is 20.6. The molecule has 2 aromatic carbocycles. The smallest absolute Gasteiger partial charge is 0.262 e. The zero-order chi connectivity index (χ0) is 20.1. The molecule has 2 aromatic rings. The van der Waals surface area contributed by atoms with E-state index in [2.05, 4.69) is 24.1 Å². The Kier molecular flexibility index (Phi) is 6.88. The van der Waals surface area contributed by atoms with Crippen LogP contribution in [-0.4, -0.2) is 47.7 Å². The zero-order valence-corrected chi connectivity index (χ0v) is 17.4. The fourth-order valence-electron chi connectivity index (χ4n) is 3.10. The predicted molar refractivity (Wildman–Crippen MR) is 115 cm³/mol. The molecule has 1 aliphatic heterocycles. The third-order valence-electron chi connectivity index (χ3n) is 4.31. The largest absolute Gasteiger partial charge is 0.484 e. The average molecular weight is 419 g/mol. The van der Waals surface area contributed by atoms with Crippen LogP contribution in [0.15, 0.2) is 48.5 Å². The number of carbonyl (C=O) groups is 1. The summed E-state index contributed by atoms with van der Waals surface area (Å²) in [5.74, 6) is 0.375. The van der Waals surface area contributed by atoms with Crippen molar-refractivity contribution in [1.82, 2.24) is 4.90 Å². The molecule has 1 saturated heterocycles. The van der Waals surface area contributed by atoms with Crippen LogP contribution in [0, 0.1) is 0 Å². The standard InChI is InChI=1S/C21H23ClN2O3S/c1-14-11-24(12-15(2)27-14)21(28)16-3-9-19(10-4-16)26-13-20(25)23-18-7-5-17(22)6-8-18/h3-10,14-15H,11-13H2,1-2H3,(H,23,25)/t14-,15-/m1/s1. The van der Waals surface area contributed by atoms with Crippen molar-refractivity contribution < 1.29 is 14.3 Å². The molecule has 3 rings (SSSR count). The number of carbonyl (C=O) groups excluding carboxylic acids is 1. The van der Waals surface area contributed by atoms with Gasteiger partial charge in [-0.15, -0.1) is 0 Å². The van der Waals surface area contributed by atoms with Gasteiger partial charge in [0.2, 0.25) is 0 Å². The molecule has 0 radical (unpaired) electrons. The van der Waals surface area contributed by atoms with Crippen LogP contribution in [0.3, 0.4) is 0 Å². The van der Waals surface area contributed by atoms with E-state index in [1.165, 1.54) is 0 Å². The zero-order valence-electron chi connectivity index (χ0n) is 15.9. The highest BCUT2D eigenvalue weighted by Gasteiger charge is 2.24. The topological polar surface area (TPSA) is 50.8 Å². The van der Waals surface area contributed by atoms with Gasteiger partial charge < -0.3 is 19.7 Å². The molecular formula is C21H23ClN2O3S. The number of halogens is 1. The van der Waals surface area contributed by atoms with E-state index in [0.717, 1.165) is 23.6 Å². The van der Waals surface area contributed by atoms with Crippen molar-refractivity contribution in [3.05, 3.63) is 59.1 Å². The second-order valence-corrected chi connectivity index (χ2v) is 7.66. The highest BCUT2D eigenvalue weighted by atomic mass is 35.5. The molecule has 0 saturated carbocycles. The quantitative estimate of drug-likeness (QED) is 0.739. The van der Waals surface area contributed by atoms with Gasteiger partial charge in [0.1, 0.15) is 10.7 Å². The van der Waals surface area contributed by atoms with E-state index in [0.29, 0.717) is 16.5 Å². The summed E-state index contributed by atoms with van der Waals surface area (Å²) < 4.78 is 11.3. The van der Waals surface area contributed by atoms with Crippen molar-refractivity contribution in [3.63, 3.8) is 0 Å². The van der Waals surface area contributed by atoms with Crippen LogP contribution in [0.2, 0.25) is 5.02 Å². The summed E-state index contributed by atoms with van der Waals surface area (Å²) in [6, 6.07) is 14.4. The normalized spacial score (nSPS) is 19.2. The minimum absolute atomic E-state index is 0.0785. The SMILES string of the molecule is C[C@@H]1CN(C(=S)c2ccc(OCC(=O)Nc3ccc(Cl)cc3)cc2)C[C@@H](C)O1. The number of benzene rings is 2. The van der Waals surface area contributed by atoms with E-state index >= 15 is 0 Å². The molecule has 1 N–H and O–H groups in total. The number of anilines is 1. The molecule has 2 atom stereocenters. The third-order valence-corrected chi connectivity index (χ3v) is 5.05. The Labute approximate surface area is 175 Å². The number of rotatable bonds is 5. The molecule has 1 heterocycles. The van der Waals surface area contributed by atoms with Crippen LogP contribution in [0.1, 0.15) is 19.4 Å². The summed E-state index contributed by atoms with van der Waals surface area (Å²) in [4.78, 5) is 15.0. The Morgan fingerprint density at radius 2 is 1.75 bits per heavy atom. The van der Waals surface area contributed by atoms with Gasteiger partial charge in [0.15, 0.2) is 6.61 Å². The molecule has 7 heteroatoms. The summed E-state index contributed by atoms with van der Waals surface area (Å²) in [6.45, 7) is 5.60. The van der Waals surface area contributed by atoms with Gasteiger partial charge in [-0.2, -0.15) is 0 Å². The number of thiocarbonyl (C=S) groups is 1. The molecule has 1 fully saturated rings. The first-order chi connectivity index (χ1) is 13.4. The van der Waals surface area contributed by atoms with Crippen LogP contribution >= 0.6 is 23.8 Å². The van der Waals surface area contributed by atoms with Gasteiger partial charge in [-0.1, -0.05) is 23.8 Å². The first-order valence-corrected chi connectivity index (χ1v) is 9.92. The molecule has 1 amide bonds. The van der Waals surface area contributed by atoms with E-state index in [9.17, 15) is 4.79 Å². The van der Waals surface area contributed by atoms with E-state index in [-0.39, 0.29) is 24.7 Å². The van der Waals surface area contributed by atoms with E-state index < -0.39 is 0 Å². The van der Waals surface area contributed by atoms with Crippen molar-refractivity contribution in [3.8, 4) is 5.75 Å². The molecule has 0 bridgehead atoms. The van der Waals surface area contributed by atoms with Gasteiger partial charge in [0, 0.05) is 29.4 Å². The lowest BCUT2D eigenvalue weighted by molar-refractivity contribution is -0.118. The van der Waals surface area contributed by atoms with Crippen LogP contribution in [0.25, 0.3) is 0 Å². The number of nitrogens with zero attached hydrogens (tertiary/aromatic N) is 1. The Morgan fingerprint density at radius 3 is 2.36 bits per heavy atom. The van der Waals surface area contributed by atoms with Gasteiger partial charge in [-0.25, -0.2) is 0 Å². The molecule has 28 heavy (non-hydrogen) atoms. The maximum atomic E-state index is 12.0. The monoisotopic (exact) mass is 418 g/mol.